The molecule has 1 heterocycles. The van der Waals surface area contributed by atoms with Gasteiger partial charge in [-0.2, -0.15) is 0 Å². The lowest BCUT2D eigenvalue weighted by molar-refractivity contribution is -0.150. The van der Waals surface area contributed by atoms with Crippen LogP contribution in [-0.4, -0.2) is 53.5 Å². The van der Waals surface area contributed by atoms with E-state index in [0.29, 0.717) is 18.7 Å². The maximum Gasteiger partial charge on any atom is 0.176 e. The highest BCUT2D eigenvalue weighted by Crippen LogP contribution is 2.28. The third-order valence-electron chi connectivity index (χ3n) is 4.62. The Labute approximate surface area is 160 Å². The molecule has 1 aliphatic heterocycles. The van der Waals surface area contributed by atoms with Crippen molar-refractivity contribution in [2.75, 3.05) is 19.7 Å². The minimum Gasteiger partial charge on any atom is -0.394 e. The number of hydrogen-bond acceptors (Lipinski definition) is 5. The van der Waals surface area contributed by atoms with E-state index < -0.39 is 11.9 Å². The average molecular weight is 369 g/mol. The van der Waals surface area contributed by atoms with E-state index in [4.69, 9.17) is 9.47 Å². The molecule has 1 fully saturated rings. The zero-order valence-corrected chi connectivity index (χ0v) is 15.9. The summed E-state index contributed by atoms with van der Waals surface area (Å²) < 4.78 is 11.7. The van der Waals surface area contributed by atoms with Crippen LogP contribution < -0.4 is 0 Å². The first-order valence-corrected chi connectivity index (χ1v) is 9.28. The van der Waals surface area contributed by atoms with Crippen molar-refractivity contribution in [3.8, 4) is 0 Å². The maximum absolute atomic E-state index is 12.7. The van der Waals surface area contributed by atoms with Crippen molar-refractivity contribution >= 4 is 5.78 Å². The fourth-order valence-electron chi connectivity index (χ4n) is 3.42. The normalized spacial score (nSPS) is 21.5. The van der Waals surface area contributed by atoms with E-state index >= 15 is 0 Å². The summed E-state index contributed by atoms with van der Waals surface area (Å²) in [5, 5.41) is 9.64. The minimum absolute atomic E-state index is 0.0604. The summed E-state index contributed by atoms with van der Waals surface area (Å²) in [5.41, 5.74) is 1.82. The predicted molar refractivity (Wildman–Crippen MR) is 103 cm³/mol. The molecule has 27 heavy (non-hydrogen) atoms. The van der Waals surface area contributed by atoms with Crippen LogP contribution in [-0.2, 0) is 16.0 Å². The summed E-state index contributed by atoms with van der Waals surface area (Å²) in [6.07, 6.45) is -0.692. The van der Waals surface area contributed by atoms with E-state index in [9.17, 15) is 9.90 Å². The Kier molecular flexibility index (Phi) is 6.39. The van der Waals surface area contributed by atoms with E-state index in [2.05, 4.69) is 4.90 Å². The van der Waals surface area contributed by atoms with Crippen LogP contribution in [0.25, 0.3) is 0 Å². The van der Waals surface area contributed by atoms with Gasteiger partial charge in [0, 0.05) is 18.7 Å². The molecule has 0 aromatic heterocycles. The van der Waals surface area contributed by atoms with E-state index in [-0.39, 0.29) is 25.0 Å². The minimum atomic E-state index is -0.736. The average Bonchev–Trinajstić information content (AvgIpc) is 2.96. The lowest BCUT2D eigenvalue weighted by Crippen LogP contribution is -2.41. The number of Topliss-reactive ketones (excluding diaryl/α,β-unsaturated/α-hetero) is 1. The van der Waals surface area contributed by atoms with Gasteiger partial charge in [0.15, 0.2) is 11.6 Å². The number of carbonyl (C=O) groups excluding carboxylic acids is 1. The number of aliphatic hydroxyl groups is 1. The van der Waals surface area contributed by atoms with Crippen LogP contribution in [0.5, 0.6) is 0 Å². The number of ether oxygens (including phenoxy) is 2. The Bertz CT molecular complexity index is 732. The molecule has 2 aromatic carbocycles. The Hall–Kier alpha value is -2.05. The first-order valence-electron chi connectivity index (χ1n) is 9.28. The van der Waals surface area contributed by atoms with Crippen molar-refractivity contribution in [1.29, 1.82) is 0 Å². The number of ketones is 1. The van der Waals surface area contributed by atoms with Crippen LogP contribution >= 0.6 is 0 Å². The molecule has 144 valence electrons. The van der Waals surface area contributed by atoms with Gasteiger partial charge in [-0.1, -0.05) is 60.7 Å². The Morgan fingerprint density at radius 2 is 1.59 bits per heavy atom. The van der Waals surface area contributed by atoms with Crippen molar-refractivity contribution < 1.29 is 19.4 Å². The molecular weight excluding hydrogens is 342 g/mol. The summed E-state index contributed by atoms with van der Waals surface area (Å²) in [6.45, 7) is 4.97. The molecule has 2 atom stereocenters. The fourth-order valence-corrected chi connectivity index (χ4v) is 3.42. The van der Waals surface area contributed by atoms with Gasteiger partial charge in [-0.05, 0) is 19.4 Å². The molecule has 0 unspecified atom stereocenters. The zero-order valence-electron chi connectivity index (χ0n) is 15.9. The zero-order chi connectivity index (χ0) is 19.3. The van der Waals surface area contributed by atoms with Crippen LogP contribution in [0.1, 0.15) is 29.8 Å². The second-order valence-corrected chi connectivity index (χ2v) is 7.34. The van der Waals surface area contributed by atoms with Crippen LogP contribution in [0.4, 0.5) is 0 Å². The van der Waals surface area contributed by atoms with Gasteiger partial charge in [0.1, 0.15) is 12.2 Å². The fraction of sp³-hybridized carbons (Fsp3) is 0.409. The second-order valence-electron chi connectivity index (χ2n) is 7.34. The molecule has 0 amide bonds. The first-order chi connectivity index (χ1) is 13.0. The standard InChI is InChI=1S/C22H27NO4/c1-22(2)26-20(21(16-24)27-22)15-23(13-17-9-5-3-6-10-17)14-19(25)18-11-7-4-8-12-18/h3-12,20-21,24H,13-16H2,1-2H3/t20-,21+/m0/s1. The monoisotopic (exact) mass is 369 g/mol. The quantitative estimate of drug-likeness (QED) is 0.725. The summed E-state index contributed by atoms with van der Waals surface area (Å²) in [7, 11) is 0. The van der Waals surface area contributed by atoms with Gasteiger partial charge in [-0.25, -0.2) is 0 Å². The molecule has 1 N–H and O–H groups in total. The number of benzene rings is 2. The molecule has 0 aliphatic carbocycles. The molecule has 0 saturated carbocycles. The summed E-state index contributed by atoms with van der Waals surface area (Å²) in [5.74, 6) is -0.676. The highest BCUT2D eigenvalue weighted by Gasteiger charge is 2.41. The van der Waals surface area contributed by atoms with Crippen LogP contribution in [0.2, 0.25) is 0 Å². The van der Waals surface area contributed by atoms with Crippen molar-refractivity contribution in [2.45, 2.75) is 38.4 Å². The number of rotatable bonds is 8. The highest BCUT2D eigenvalue weighted by atomic mass is 16.8. The van der Waals surface area contributed by atoms with Gasteiger partial charge >= 0.3 is 0 Å². The molecule has 0 radical (unpaired) electrons. The molecule has 0 bridgehead atoms. The molecule has 1 aliphatic rings. The predicted octanol–water partition coefficient (Wildman–Crippen LogP) is 2.88. The lowest BCUT2D eigenvalue weighted by atomic mass is 10.1. The smallest absolute Gasteiger partial charge is 0.176 e. The van der Waals surface area contributed by atoms with E-state index in [0.717, 1.165) is 5.56 Å². The van der Waals surface area contributed by atoms with Gasteiger partial charge in [0.05, 0.1) is 13.2 Å². The third-order valence-corrected chi connectivity index (χ3v) is 4.62. The number of nitrogens with zero attached hydrogens (tertiary/aromatic N) is 1. The molecule has 5 heteroatoms. The number of hydrogen-bond donors (Lipinski definition) is 1. The van der Waals surface area contributed by atoms with Crippen molar-refractivity contribution in [2.24, 2.45) is 0 Å². The second kappa shape index (κ2) is 8.76. The largest absolute Gasteiger partial charge is 0.394 e. The summed E-state index contributed by atoms with van der Waals surface area (Å²) in [6, 6.07) is 19.3. The Morgan fingerprint density at radius 3 is 2.22 bits per heavy atom. The van der Waals surface area contributed by atoms with Crippen molar-refractivity contribution in [1.82, 2.24) is 4.90 Å². The van der Waals surface area contributed by atoms with Gasteiger partial charge < -0.3 is 14.6 Å². The van der Waals surface area contributed by atoms with Crippen molar-refractivity contribution in [3.05, 3.63) is 71.8 Å². The topological polar surface area (TPSA) is 59.0 Å². The third kappa shape index (κ3) is 5.47. The lowest BCUT2D eigenvalue weighted by Gasteiger charge is -2.26. The molecule has 2 aromatic rings. The Balaban J connectivity index is 1.74. The molecule has 3 rings (SSSR count). The van der Waals surface area contributed by atoms with Gasteiger partial charge in [-0.15, -0.1) is 0 Å². The van der Waals surface area contributed by atoms with E-state index in [1.165, 1.54) is 0 Å². The summed E-state index contributed by atoms with van der Waals surface area (Å²) in [4.78, 5) is 14.8. The highest BCUT2D eigenvalue weighted by molar-refractivity contribution is 5.97. The summed E-state index contributed by atoms with van der Waals surface area (Å²) >= 11 is 0. The first kappa shape index (κ1) is 19.7. The van der Waals surface area contributed by atoms with E-state index in [1.807, 2.05) is 74.5 Å². The van der Waals surface area contributed by atoms with Crippen molar-refractivity contribution in [3.63, 3.8) is 0 Å². The number of aliphatic hydroxyl groups excluding tert-OH is 1. The van der Waals surface area contributed by atoms with E-state index in [1.54, 1.807) is 0 Å². The molecule has 5 nitrogen and oxygen atoms in total. The molecule has 1 saturated heterocycles. The maximum atomic E-state index is 12.7. The van der Waals surface area contributed by atoms with Crippen LogP contribution in [0.15, 0.2) is 60.7 Å². The Morgan fingerprint density at radius 1 is 1.00 bits per heavy atom. The molecular formula is C22H27NO4. The molecule has 0 spiro atoms. The SMILES string of the molecule is CC1(C)O[C@@H](CN(CC(=O)c2ccccc2)Cc2ccccc2)[C@@H](CO)O1. The van der Waals surface area contributed by atoms with Crippen LogP contribution in [0, 0.1) is 0 Å². The van der Waals surface area contributed by atoms with Gasteiger partial charge in [-0.3, -0.25) is 9.69 Å². The van der Waals surface area contributed by atoms with Crippen LogP contribution in [0.3, 0.4) is 0 Å². The van der Waals surface area contributed by atoms with Gasteiger partial charge in [0.2, 0.25) is 0 Å². The number of carbonyl (C=O) groups is 1. The van der Waals surface area contributed by atoms with Gasteiger partial charge in [0.25, 0.3) is 0 Å².